The Morgan fingerprint density at radius 2 is 2.10 bits per heavy atom. The van der Waals surface area contributed by atoms with Crippen molar-refractivity contribution in [2.24, 2.45) is 0 Å². The number of carbonyl (C=O) groups is 1. The van der Waals surface area contributed by atoms with Gasteiger partial charge in [0.15, 0.2) is 0 Å². The van der Waals surface area contributed by atoms with Crippen molar-refractivity contribution in [3.8, 4) is 0 Å². The molecule has 2 saturated heterocycles. The van der Waals surface area contributed by atoms with Gasteiger partial charge in [0.05, 0.1) is 18.8 Å². The van der Waals surface area contributed by atoms with E-state index >= 15 is 0 Å². The first kappa shape index (κ1) is 14.3. The summed E-state index contributed by atoms with van der Waals surface area (Å²) in [6, 6.07) is 4.21. The van der Waals surface area contributed by atoms with Gasteiger partial charge in [-0.2, -0.15) is 0 Å². The predicted molar refractivity (Wildman–Crippen MR) is 81.6 cm³/mol. The zero-order valence-electron chi connectivity index (χ0n) is 12.6. The molecule has 3 rings (SSSR count). The number of hydrogen-bond acceptors (Lipinski definition) is 4. The normalized spacial score (nSPS) is 23.2. The highest BCUT2D eigenvalue weighted by atomic mass is 16.5. The number of hydrogen-bond donors (Lipinski definition) is 0. The number of anilines is 1. The molecule has 1 atom stereocenters. The van der Waals surface area contributed by atoms with Gasteiger partial charge in [0.25, 0.3) is 5.91 Å². The molecule has 2 aliphatic heterocycles. The second kappa shape index (κ2) is 6.43. The van der Waals surface area contributed by atoms with E-state index in [1.54, 1.807) is 6.20 Å². The van der Waals surface area contributed by atoms with Crippen molar-refractivity contribution >= 4 is 11.7 Å². The van der Waals surface area contributed by atoms with Crippen LogP contribution in [0.5, 0.6) is 0 Å². The summed E-state index contributed by atoms with van der Waals surface area (Å²) in [5.41, 5.74) is 0.730. The Bertz CT molecular complexity index is 500. The van der Waals surface area contributed by atoms with Gasteiger partial charge in [0, 0.05) is 31.9 Å². The minimum absolute atomic E-state index is 0.0826. The van der Waals surface area contributed by atoms with Crippen LogP contribution in [-0.2, 0) is 4.74 Å². The SMILES string of the molecule is CC1CCCCN1c1ncccc1C(=O)N1CCOCC1. The van der Waals surface area contributed by atoms with Crippen LogP contribution in [0.1, 0.15) is 36.5 Å². The average molecular weight is 289 g/mol. The molecule has 0 aromatic carbocycles. The maximum atomic E-state index is 12.8. The molecule has 0 spiro atoms. The summed E-state index contributed by atoms with van der Waals surface area (Å²) in [6.45, 7) is 5.80. The standard InChI is InChI=1S/C16H23N3O2/c1-13-5-2-3-8-19(13)15-14(6-4-7-17-15)16(20)18-9-11-21-12-10-18/h4,6-7,13H,2-3,5,8-12H2,1H3. The summed E-state index contributed by atoms with van der Waals surface area (Å²) in [5.74, 6) is 0.931. The van der Waals surface area contributed by atoms with Gasteiger partial charge in [0.2, 0.25) is 0 Å². The van der Waals surface area contributed by atoms with E-state index in [-0.39, 0.29) is 5.91 Å². The van der Waals surface area contributed by atoms with E-state index in [2.05, 4.69) is 16.8 Å². The van der Waals surface area contributed by atoms with E-state index in [1.165, 1.54) is 19.3 Å². The number of piperidine rings is 1. The maximum Gasteiger partial charge on any atom is 0.257 e. The van der Waals surface area contributed by atoms with Crippen molar-refractivity contribution < 1.29 is 9.53 Å². The van der Waals surface area contributed by atoms with Gasteiger partial charge in [0.1, 0.15) is 5.82 Å². The Morgan fingerprint density at radius 1 is 1.29 bits per heavy atom. The van der Waals surface area contributed by atoms with Gasteiger partial charge in [-0.1, -0.05) is 0 Å². The number of carbonyl (C=O) groups excluding carboxylic acids is 1. The molecule has 2 aliphatic rings. The smallest absolute Gasteiger partial charge is 0.257 e. The van der Waals surface area contributed by atoms with Crippen molar-refractivity contribution in [2.75, 3.05) is 37.7 Å². The Kier molecular flexibility index (Phi) is 4.39. The monoisotopic (exact) mass is 289 g/mol. The molecule has 0 radical (unpaired) electrons. The molecule has 1 amide bonds. The third-order valence-corrected chi connectivity index (χ3v) is 4.39. The number of morpholine rings is 1. The van der Waals surface area contributed by atoms with Gasteiger partial charge >= 0.3 is 0 Å². The lowest BCUT2D eigenvalue weighted by atomic mass is 10.0. The molecule has 1 aromatic heterocycles. The van der Waals surface area contributed by atoms with Gasteiger partial charge in [-0.25, -0.2) is 4.98 Å². The zero-order chi connectivity index (χ0) is 14.7. The van der Waals surface area contributed by atoms with E-state index in [1.807, 2.05) is 17.0 Å². The van der Waals surface area contributed by atoms with Crippen LogP contribution in [0.15, 0.2) is 18.3 Å². The fourth-order valence-corrected chi connectivity index (χ4v) is 3.14. The molecule has 0 saturated carbocycles. The largest absolute Gasteiger partial charge is 0.378 e. The fourth-order valence-electron chi connectivity index (χ4n) is 3.14. The minimum atomic E-state index is 0.0826. The van der Waals surface area contributed by atoms with E-state index < -0.39 is 0 Å². The molecule has 2 fully saturated rings. The van der Waals surface area contributed by atoms with Crippen LogP contribution in [0.3, 0.4) is 0 Å². The molecule has 1 unspecified atom stereocenters. The van der Waals surface area contributed by atoms with E-state index in [9.17, 15) is 4.79 Å². The first-order valence-electron chi connectivity index (χ1n) is 7.86. The molecule has 21 heavy (non-hydrogen) atoms. The Labute approximate surface area is 125 Å². The summed E-state index contributed by atoms with van der Waals surface area (Å²) < 4.78 is 5.33. The summed E-state index contributed by atoms with van der Waals surface area (Å²) >= 11 is 0. The zero-order valence-corrected chi connectivity index (χ0v) is 12.6. The molecule has 0 aliphatic carbocycles. The third kappa shape index (κ3) is 3.02. The van der Waals surface area contributed by atoms with Crippen LogP contribution in [0.2, 0.25) is 0 Å². The average Bonchev–Trinajstić information content (AvgIpc) is 2.55. The molecule has 3 heterocycles. The van der Waals surface area contributed by atoms with Crippen molar-refractivity contribution in [1.82, 2.24) is 9.88 Å². The lowest BCUT2D eigenvalue weighted by molar-refractivity contribution is 0.0303. The molecule has 0 N–H and O–H groups in total. The highest BCUT2D eigenvalue weighted by molar-refractivity contribution is 5.99. The number of rotatable bonds is 2. The summed E-state index contributed by atoms with van der Waals surface area (Å²) in [5, 5.41) is 0. The second-order valence-corrected chi connectivity index (χ2v) is 5.82. The summed E-state index contributed by atoms with van der Waals surface area (Å²) in [6.07, 6.45) is 5.39. The molecule has 5 heteroatoms. The third-order valence-electron chi connectivity index (χ3n) is 4.39. The molecule has 1 aromatic rings. The van der Waals surface area contributed by atoms with Crippen molar-refractivity contribution in [2.45, 2.75) is 32.2 Å². The first-order chi connectivity index (χ1) is 10.3. The lowest BCUT2D eigenvalue weighted by Crippen LogP contribution is -2.43. The summed E-state index contributed by atoms with van der Waals surface area (Å²) in [7, 11) is 0. The Hall–Kier alpha value is -1.62. The predicted octanol–water partition coefficient (Wildman–Crippen LogP) is 1.93. The van der Waals surface area contributed by atoms with Crippen molar-refractivity contribution in [3.63, 3.8) is 0 Å². The lowest BCUT2D eigenvalue weighted by Gasteiger charge is -2.36. The number of aromatic nitrogens is 1. The molecular weight excluding hydrogens is 266 g/mol. The number of amides is 1. The Balaban J connectivity index is 1.86. The topological polar surface area (TPSA) is 45.7 Å². The van der Waals surface area contributed by atoms with Crippen LogP contribution < -0.4 is 4.90 Å². The second-order valence-electron chi connectivity index (χ2n) is 5.82. The number of pyridine rings is 1. The van der Waals surface area contributed by atoms with E-state index in [0.717, 1.165) is 17.9 Å². The fraction of sp³-hybridized carbons (Fsp3) is 0.625. The highest BCUT2D eigenvalue weighted by Crippen LogP contribution is 2.26. The molecule has 5 nitrogen and oxygen atoms in total. The van der Waals surface area contributed by atoms with E-state index in [0.29, 0.717) is 32.3 Å². The van der Waals surface area contributed by atoms with Crippen LogP contribution in [0.25, 0.3) is 0 Å². The van der Waals surface area contributed by atoms with Crippen LogP contribution in [0.4, 0.5) is 5.82 Å². The maximum absolute atomic E-state index is 12.8. The van der Waals surface area contributed by atoms with Gasteiger partial charge in [-0.15, -0.1) is 0 Å². The summed E-state index contributed by atoms with van der Waals surface area (Å²) in [4.78, 5) is 21.5. The molecule has 114 valence electrons. The van der Waals surface area contributed by atoms with Crippen molar-refractivity contribution in [1.29, 1.82) is 0 Å². The number of nitrogens with zero attached hydrogens (tertiary/aromatic N) is 3. The van der Waals surface area contributed by atoms with Crippen LogP contribution in [-0.4, -0.2) is 54.7 Å². The first-order valence-corrected chi connectivity index (χ1v) is 7.86. The number of ether oxygens (including phenoxy) is 1. The van der Waals surface area contributed by atoms with Gasteiger partial charge in [-0.05, 0) is 38.3 Å². The van der Waals surface area contributed by atoms with Crippen molar-refractivity contribution in [3.05, 3.63) is 23.9 Å². The van der Waals surface area contributed by atoms with Crippen LogP contribution >= 0.6 is 0 Å². The quantitative estimate of drug-likeness (QED) is 0.834. The van der Waals surface area contributed by atoms with Crippen LogP contribution in [0, 0.1) is 0 Å². The minimum Gasteiger partial charge on any atom is -0.378 e. The Morgan fingerprint density at radius 3 is 2.86 bits per heavy atom. The highest BCUT2D eigenvalue weighted by Gasteiger charge is 2.27. The van der Waals surface area contributed by atoms with Gasteiger partial charge < -0.3 is 14.5 Å². The van der Waals surface area contributed by atoms with E-state index in [4.69, 9.17) is 4.74 Å². The molecule has 0 bridgehead atoms. The molecular formula is C16H23N3O2. The van der Waals surface area contributed by atoms with Gasteiger partial charge in [-0.3, -0.25) is 4.79 Å².